The molecule has 0 bridgehead atoms. The number of carbonyl (C=O) groups excluding carboxylic acids is 1. The number of rotatable bonds is 6. The number of likely N-dealkylation sites (N-methyl/N-ethyl adjacent to an activating group) is 1. The molecule has 0 aromatic heterocycles. The largest absolute Gasteiger partial charge is 0.391 e. The van der Waals surface area contributed by atoms with Gasteiger partial charge >= 0.3 is 0 Å². The molecule has 1 N–H and O–H groups in total. The van der Waals surface area contributed by atoms with Gasteiger partial charge in [0, 0.05) is 0 Å². The zero-order chi connectivity index (χ0) is 8.74. The molecule has 0 heterocycles. The molecule has 0 saturated carbocycles. The number of aldehydes is 1. The van der Waals surface area contributed by atoms with Crippen LogP contribution in [0.4, 0.5) is 0 Å². The maximum atomic E-state index is 10.3. The van der Waals surface area contributed by atoms with Crippen LogP contribution in [0.25, 0.3) is 0 Å². The van der Waals surface area contributed by atoms with Crippen LogP contribution in [0.1, 0.15) is 13.8 Å². The van der Waals surface area contributed by atoms with E-state index in [2.05, 4.69) is 0 Å². The van der Waals surface area contributed by atoms with Crippen molar-refractivity contribution in [3.63, 3.8) is 0 Å². The van der Waals surface area contributed by atoms with Crippen molar-refractivity contribution in [2.75, 3.05) is 32.8 Å². The highest BCUT2D eigenvalue weighted by Gasteiger charge is 2.20. The lowest BCUT2D eigenvalue weighted by Gasteiger charge is -2.34. The van der Waals surface area contributed by atoms with Crippen LogP contribution in [0.5, 0.6) is 0 Å². The first-order chi connectivity index (χ1) is 5.24. The van der Waals surface area contributed by atoms with Gasteiger partial charge in [-0.3, -0.25) is 4.79 Å². The summed E-state index contributed by atoms with van der Waals surface area (Å²) in [5, 5.41) is 8.76. The molecule has 0 aliphatic rings. The summed E-state index contributed by atoms with van der Waals surface area (Å²) in [6, 6.07) is 0. The Bertz CT molecular complexity index is 111. The van der Waals surface area contributed by atoms with Crippen molar-refractivity contribution < 1.29 is 14.4 Å². The summed E-state index contributed by atoms with van der Waals surface area (Å²) in [4.78, 5) is 10.3. The summed E-state index contributed by atoms with van der Waals surface area (Å²) in [5.41, 5.74) is 0. The van der Waals surface area contributed by atoms with Crippen LogP contribution in [0.15, 0.2) is 0 Å². The van der Waals surface area contributed by atoms with Crippen molar-refractivity contribution in [2.45, 2.75) is 13.8 Å². The predicted molar refractivity (Wildman–Crippen MR) is 44.2 cm³/mol. The zero-order valence-electron chi connectivity index (χ0n) is 7.42. The molecule has 0 unspecified atom stereocenters. The Balaban J connectivity index is 4.06. The third-order valence-corrected chi connectivity index (χ3v) is 2.38. The summed E-state index contributed by atoms with van der Waals surface area (Å²) in [7, 11) is 0. The van der Waals surface area contributed by atoms with E-state index >= 15 is 0 Å². The molecule has 0 aromatic rings. The molecule has 0 aliphatic heterocycles. The van der Waals surface area contributed by atoms with Gasteiger partial charge in [-0.2, -0.15) is 0 Å². The molecule has 3 nitrogen and oxygen atoms in total. The van der Waals surface area contributed by atoms with E-state index in [1.165, 1.54) is 0 Å². The highest BCUT2D eigenvalue weighted by atomic mass is 16.3. The number of aliphatic hydroxyl groups excluding tert-OH is 1. The van der Waals surface area contributed by atoms with Gasteiger partial charge in [-0.25, -0.2) is 0 Å². The van der Waals surface area contributed by atoms with E-state index in [4.69, 9.17) is 5.11 Å². The Kier molecular flexibility index (Phi) is 5.07. The SMILES string of the molecule is CC[N+](CC)(CC=O)CCO. The molecular formula is C8H18NO2+. The smallest absolute Gasteiger partial charge is 0.174 e. The fraction of sp³-hybridized carbons (Fsp3) is 0.875. The first-order valence-electron chi connectivity index (χ1n) is 4.14. The maximum absolute atomic E-state index is 10.3. The van der Waals surface area contributed by atoms with E-state index in [1.807, 2.05) is 13.8 Å². The summed E-state index contributed by atoms with van der Waals surface area (Å²) >= 11 is 0. The van der Waals surface area contributed by atoms with Crippen molar-refractivity contribution in [1.29, 1.82) is 0 Å². The average Bonchev–Trinajstić information content (AvgIpc) is 2.04. The lowest BCUT2D eigenvalue weighted by atomic mass is 10.3. The molecule has 3 heteroatoms. The van der Waals surface area contributed by atoms with Crippen molar-refractivity contribution in [2.24, 2.45) is 0 Å². The second-order valence-electron chi connectivity index (χ2n) is 2.77. The number of hydrogen-bond donors (Lipinski definition) is 1. The molecule has 66 valence electrons. The number of hydrogen-bond acceptors (Lipinski definition) is 2. The van der Waals surface area contributed by atoms with E-state index in [0.717, 1.165) is 19.4 Å². The van der Waals surface area contributed by atoms with Crippen LogP contribution >= 0.6 is 0 Å². The van der Waals surface area contributed by atoms with Crippen LogP contribution in [-0.4, -0.2) is 48.7 Å². The van der Waals surface area contributed by atoms with Crippen molar-refractivity contribution in [1.82, 2.24) is 0 Å². The number of nitrogens with zero attached hydrogens (tertiary/aromatic N) is 1. The van der Waals surface area contributed by atoms with Gasteiger partial charge in [0.25, 0.3) is 0 Å². The molecule has 11 heavy (non-hydrogen) atoms. The Morgan fingerprint density at radius 2 is 1.91 bits per heavy atom. The third kappa shape index (κ3) is 2.99. The van der Waals surface area contributed by atoms with Gasteiger partial charge in [0.1, 0.15) is 13.1 Å². The Hall–Kier alpha value is -0.410. The van der Waals surface area contributed by atoms with Crippen LogP contribution in [0.2, 0.25) is 0 Å². The van der Waals surface area contributed by atoms with Gasteiger partial charge in [-0.1, -0.05) is 0 Å². The standard InChI is InChI=1S/C8H18NO2/c1-3-9(4-2,5-7-10)6-8-11/h7,11H,3-6,8H2,1-2H3/q+1. The minimum atomic E-state index is 0.162. The molecule has 0 saturated heterocycles. The van der Waals surface area contributed by atoms with Gasteiger partial charge in [0.15, 0.2) is 6.29 Å². The van der Waals surface area contributed by atoms with E-state index in [0.29, 0.717) is 17.6 Å². The quantitative estimate of drug-likeness (QED) is 0.440. The van der Waals surface area contributed by atoms with E-state index in [9.17, 15) is 4.79 Å². The number of aliphatic hydroxyl groups is 1. The van der Waals surface area contributed by atoms with Crippen molar-refractivity contribution >= 4 is 6.29 Å². The fourth-order valence-corrected chi connectivity index (χ4v) is 1.26. The van der Waals surface area contributed by atoms with Crippen LogP contribution in [0, 0.1) is 0 Å². The Morgan fingerprint density at radius 3 is 2.18 bits per heavy atom. The molecular weight excluding hydrogens is 142 g/mol. The Morgan fingerprint density at radius 1 is 1.36 bits per heavy atom. The van der Waals surface area contributed by atoms with Crippen LogP contribution in [0.3, 0.4) is 0 Å². The second kappa shape index (κ2) is 5.27. The normalized spacial score (nSPS) is 11.5. The molecule has 0 fully saturated rings. The topological polar surface area (TPSA) is 37.3 Å². The molecule has 0 amide bonds. The van der Waals surface area contributed by atoms with Crippen molar-refractivity contribution in [3.8, 4) is 0 Å². The van der Waals surface area contributed by atoms with Gasteiger partial charge in [-0.15, -0.1) is 0 Å². The third-order valence-electron chi connectivity index (χ3n) is 2.38. The highest BCUT2D eigenvalue weighted by Crippen LogP contribution is 2.02. The van der Waals surface area contributed by atoms with E-state index in [1.54, 1.807) is 0 Å². The number of quaternary nitrogens is 1. The van der Waals surface area contributed by atoms with E-state index in [-0.39, 0.29) is 6.61 Å². The van der Waals surface area contributed by atoms with Crippen LogP contribution < -0.4 is 0 Å². The maximum Gasteiger partial charge on any atom is 0.174 e. The summed E-state index contributed by atoms with van der Waals surface area (Å²) in [6.45, 7) is 7.28. The molecule has 0 spiro atoms. The second-order valence-corrected chi connectivity index (χ2v) is 2.77. The summed E-state index contributed by atoms with van der Waals surface area (Å²) in [6.07, 6.45) is 0.933. The Labute approximate surface area is 68.2 Å². The lowest BCUT2D eigenvalue weighted by Crippen LogP contribution is -2.50. The first-order valence-corrected chi connectivity index (χ1v) is 4.14. The van der Waals surface area contributed by atoms with Crippen LogP contribution in [-0.2, 0) is 4.79 Å². The molecule has 0 rings (SSSR count). The zero-order valence-corrected chi connectivity index (χ0v) is 7.42. The van der Waals surface area contributed by atoms with Crippen molar-refractivity contribution in [3.05, 3.63) is 0 Å². The highest BCUT2D eigenvalue weighted by molar-refractivity contribution is 5.50. The molecule has 0 atom stereocenters. The minimum absolute atomic E-state index is 0.162. The van der Waals surface area contributed by atoms with Gasteiger partial charge in [-0.05, 0) is 13.8 Å². The fourth-order valence-electron chi connectivity index (χ4n) is 1.26. The molecule has 0 radical (unpaired) electrons. The molecule has 0 aromatic carbocycles. The van der Waals surface area contributed by atoms with Gasteiger partial charge in [0.05, 0.1) is 19.7 Å². The average molecular weight is 160 g/mol. The minimum Gasteiger partial charge on any atom is -0.391 e. The van der Waals surface area contributed by atoms with E-state index < -0.39 is 0 Å². The lowest BCUT2D eigenvalue weighted by molar-refractivity contribution is -0.917. The molecule has 0 aliphatic carbocycles. The van der Waals surface area contributed by atoms with Gasteiger partial charge < -0.3 is 9.59 Å². The summed E-state index contributed by atoms with van der Waals surface area (Å²) in [5.74, 6) is 0. The number of carbonyl (C=O) groups is 1. The monoisotopic (exact) mass is 160 g/mol. The predicted octanol–water partition coefficient (Wildman–Crippen LogP) is 0.0342. The first kappa shape index (κ1) is 10.6. The van der Waals surface area contributed by atoms with Gasteiger partial charge in [0.2, 0.25) is 0 Å². The summed E-state index contributed by atoms with van der Waals surface area (Å²) < 4.78 is 0.708.